The Morgan fingerprint density at radius 2 is 1.68 bits per heavy atom. The number of hydrogen-bond acceptors (Lipinski definition) is 6. The zero-order valence-electron chi connectivity index (χ0n) is 18.8. The van der Waals surface area contributed by atoms with Crippen LogP contribution in [0.5, 0.6) is 0 Å². The van der Waals surface area contributed by atoms with Crippen molar-refractivity contribution >= 4 is 17.8 Å². The minimum Gasteiger partial charge on any atom is -0.467 e. The van der Waals surface area contributed by atoms with Crippen molar-refractivity contribution in [3.63, 3.8) is 0 Å². The van der Waals surface area contributed by atoms with Crippen LogP contribution in [0.15, 0.2) is 24.3 Å². The van der Waals surface area contributed by atoms with Gasteiger partial charge in [-0.05, 0) is 24.5 Å². The van der Waals surface area contributed by atoms with E-state index in [1.165, 1.54) is 7.11 Å². The maximum Gasteiger partial charge on any atom is 0.328 e. The summed E-state index contributed by atoms with van der Waals surface area (Å²) in [5.41, 5.74) is 2.17. The van der Waals surface area contributed by atoms with E-state index < -0.39 is 6.04 Å². The van der Waals surface area contributed by atoms with E-state index in [0.717, 1.165) is 43.7 Å². The van der Waals surface area contributed by atoms with Crippen LogP contribution in [0, 0.1) is 0 Å². The van der Waals surface area contributed by atoms with E-state index in [1.54, 1.807) is 4.90 Å². The van der Waals surface area contributed by atoms with E-state index in [2.05, 4.69) is 15.1 Å². The first kappa shape index (κ1) is 23.2. The quantitative estimate of drug-likeness (QED) is 0.640. The molecule has 2 aliphatic heterocycles. The maximum atomic E-state index is 13.1. The van der Waals surface area contributed by atoms with Crippen LogP contribution in [-0.4, -0.2) is 90.9 Å². The average molecular weight is 431 g/mol. The lowest BCUT2D eigenvalue weighted by molar-refractivity contribution is -0.154. The van der Waals surface area contributed by atoms with Crippen molar-refractivity contribution < 1.29 is 19.1 Å². The lowest BCUT2D eigenvalue weighted by Gasteiger charge is -2.38. The van der Waals surface area contributed by atoms with Gasteiger partial charge in [-0.1, -0.05) is 31.2 Å². The van der Waals surface area contributed by atoms with Crippen molar-refractivity contribution in [2.24, 2.45) is 0 Å². The summed E-state index contributed by atoms with van der Waals surface area (Å²) in [7, 11) is 1.36. The molecule has 0 spiro atoms. The smallest absolute Gasteiger partial charge is 0.328 e. The fourth-order valence-electron chi connectivity index (χ4n) is 4.14. The van der Waals surface area contributed by atoms with Gasteiger partial charge in [0.1, 0.15) is 6.04 Å². The number of benzene rings is 1. The third-order valence-electron chi connectivity index (χ3n) is 6.25. The van der Waals surface area contributed by atoms with Crippen molar-refractivity contribution in [1.82, 2.24) is 20.0 Å². The van der Waals surface area contributed by atoms with E-state index in [4.69, 9.17) is 4.74 Å². The molecular weight excluding hydrogens is 396 g/mol. The molecule has 8 heteroatoms. The second-order valence-corrected chi connectivity index (χ2v) is 8.46. The summed E-state index contributed by atoms with van der Waals surface area (Å²) in [5.74, 6) is -0.389. The second-order valence-electron chi connectivity index (χ2n) is 8.46. The topological polar surface area (TPSA) is 82.2 Å². The van der Waals surface area contributed by atoms with Gasteiger partial charge in [0.05, 0.1) is 20.2 Å². The third kappa shape index (κ3) is 6.04. The number of carbonyl (C=O) groups excluding carboxylic acids is 3. The van der Waals surface area contributed by atoms with Gasteiger partial charge in [-0.2, -0.15) is 0 Å². The molecule has 0 saturated carbocycles. The molecule has 1 fully saturated rings. The Bertz CT molecular complexity index is 792. The Labute approximate surface area is 184 Å². The summed E-state index contributed by atoms with van der Waals surface area (Å²) in [6.07, 6.45) is 1.39. The number of methoxy groups -OCH3 is 1. The largest absolute Gasteiger partial charge is 0.467 e. The fraction of sp³-hybridized carbons (Fsp3) is 0.609. The summed E-state index contributed by atoms with van der Waals surface area (Å²) >= 11 is 0. The number of nitrogens with zero attached hydrogens (tertiary/aromatic N) is 3. The molecule has 0 radical (unpaired) electrons. The average Bonchev–Trinajstić information content (AvgIpc) is 2.78. The van der Waals surface area contributed by atoms with Crippen molar-refractivity contribution in [2.45, 2.75) is 45.3 Å². The molecule has 2 atom stereocenters. The molecule has 2 amide bonds. The van der Waals surface area contributed by atoms with Crippen LogP contribution in [0.3, 0.4) is 0 Å². The molecule has 8 nitrogen and oxygen atoms in total. The van der Waals surface area contributed by atoms with E-state index in [0.29, 0.717) is 19.5 Å². The van der Waals surface area contributed by atoms with Gasteiger partial charge in [0.25, 0.3) is 0 Å². The van der Waals surface area contributed by atoms with E-state index in [1.807, 2.05) is 38.1 Å². The zero-order chi connectivity index (χ0) is 22.4. The summed E-state index contributed by atoms with van der Waals surface area (Å²) in [4.78, 5) is 43.4. The van der Waals surface area contributed by atoms with Gasteiger partial charge in [0.2, 0.25) is 11.8 Å². The first-order valence-corrected chi connectivity index (χ1v) is 11.1. The van der Waals surface area contributed by atoms with Gasteiger partial charge in [0, 0.05) is 45.2 Å². The number of esters is 1. The molecule has 0 aromatic heterocycles. The first-order valence-electron chi connectivity index (χ1n) is 11.1. The minimum absolute atomic E-state index is 0.0479. The fourth-order valence-corrected chi connectivity index (χ4v) is 4.14. The van der Waals surface area contributed by atoms with Crippen LogP contribution < -0.4 is 5.32 Å². The normalized spacial score (nSPS) is 20.6. The van der Waals surface area contributed by atoms with Crippen LogP contribution in [0.1, 0.15) is 31.4 Å². The standard InChI is InChI=1S/C23H34N4O4/c1-4-17(2)24-21(28)15-25-9-11-26(12-10-25)16-22(29)27-14-19-8-6-5-7-18(19)13-20(27)23(30)31-3/h5-8,17,20H,4,9-16H2,1-3H3,(H,24,28)/t17-,20-/m1/s1. The Balaban J connectivity index is 1.54. The second kappa shape index (κ2) is 10.7. The molecule has 0 bridgehead atoms. The van der Waals surface area contributed by atoms with Gasteiger partial charge in [-0.15, -0.1) is 0 Å². The SMILES string of the molecule is CC[C@@H](C)NC(=O)CN1CCN(CC(=O)N2Cc3ccccc3C[C@@H]2C(=O)OC)CC1. The molecule has 2 aliphatic rings. The monoisotopic (exact) mass is 430 g/mol. The summed E-state index contributed by atoms with van der Waals surface area (Å²) in [6.45, 7) is 8.04. The van der Waals surface area contributed by atoms with Gasteiger partial charge in [0.15, 0.2) is 0 Å². The Hall–Kier alpha value is -2.45. The van der Waals surface area contributed by atoms with Gasteiger partial charge >= 0.3 is 5.97 Å². The summed E-state index contributed by atoms with van der Waals surface area (Å²) < 4.78 is 4.97. The van der Waals surface area contributed by atoms with Crippen LogP contribution in [0.4, 0.5) is 0 Å². The Morgan fingerprint density at radius 3 is 2.29 bits per heavy atom. The van der Waals surface area contributed by atoms with Crippen LogP contribution in [0.25, 0.3) is 0 Å². The summed E-state index contributed by atoms with van der Waals surface area (Å²) in [6, 6.07) is 7.52. The number of piperazine rings is 1. The number of nitrogens with one attached hydrogen (secondary N) is 1. The number of hydrogen-bond donors (Lipinski definition) is 1. The number of rotatable bonds is 7. The van der Waals surface area contributed by atoms with Crippen LogP contribution in [-0.2, 0) is 32.1 Å². The molecule has 3 rings (SSSR count). The molecule has 1 N–H and O–H groups in total. The lowest BCUT2D eigenvalue weighted by Crippen LogP contribution is -2.55. The molecule has 31 heavy (non-hydrogen) atoms. The highest BCUT2D eigenvalue weighted by molar-refractivity contribution is 5.86. The predicted octanol–water partition coefficient (Wildman–Crippen LogP) is 0.645. The van der Waals surface area contributed by atoms with Crippen molar-refractivity contribution in [1.29, 1.82) is 0 Å². The predicted molar refractivity (Wildman–Crippen MR) is 117 cm³/mol. The van der Waals surface area contributed by atoms with Crippen molar-refractivity contribution in [2.75, 3.05) is 46.4 Å². The van der Waals surface area contributed by atoms with E-state index >= 15 is 0 Å². The highest BCUT2D eigenvalue weighted by Crippen LogP contribution is 2.24. The Morgan fingerprint density at radius 1 is 1.06 bits per heavy atom. The number of ether oxygens (including phenoxy) is 1. The molecule has 1 aromatic carbocycles. The molecule has 1 saturated heterocycles. The first-order chi connectivity index (χ1) is 14.9. The number of carbonyl (C=O) groups is 3. The minimum atomic E-state index is -0.585. The number of amides is 2. The maximum absolute atomic E-state index is 13.1. The molecule has 170 valence electrons. The lowest BCUT2D eigenvalue weighted by atomic mass is 9.94. The van der Waals surface area contributed by atoms with Crippen LogP contribution in [0.2, 0.25) is 0 Å². The van der Waals surface area contributed by atoms with Crippen LogP contribution >= 0.6 is 0 Å². The Kier molecular flexibility index (Phi) is 8.03. The van der Waals surface area contributed by atoms with Gasteiger partial charge < -0.3 is 15.0 Å². The highest BCUT2D eigenvalue weighted by atomic mass is 16.5. The molecule has 1 aromatic rings. The highest BCUT2D eigenvalue weighted by Gasteiger charge is 2.36. The van der Waals surface area contributed by atoms with E-state index in [9.17, 15) is 14.4 Å². The zero-order valence-corrected chi connectivity index (χ0v) is 18.8. The molecule has 2 heterocycles. The molecular formula is C23H34N4O4. The van der Waals surface area contributed by atoms with Crippen molar-refractivity contribution in [3.8, 4) is 0 Å². The molecule has 0 unspecified atom stereocenters. The number of fused-ring (bicyclic) bond motifs is 1. The van der Waals surface area contributed by atoms with E-state index in [-0.39, 0.29) is 30.4 Å². The molecule has 0 aliphatic carbocycles. The third-order valence-corrected chi connectivity index (χ3v) is 6.25. The van der Waals surface area contributed by atoms with Gasteiger partial charge in [-0.3, -0.25) is 19.4 Å². The van der Waals surface area contributed by atoms with Gasteiger partial charge in [-0.25, -0.2) is 4.79 Å². The van der Waals surface area contributed by atoms with Crippen molar-refractivity contribution in [3.05, 3.63) is 35.4 Å². The summed E-state index contributed by atoms with van der Waals surface area (Å²) in [5, 5.41) is 2.99.